The lowest BCUT2D eigenvalue weighted by atomic mass is 9.89. The summed E-state index contributed by atoms with van der Waals surface area (Å²) in [5.41, 5.74) is 3.71. The molecule has 0 aliphatic carbocycles. The monoisotopic (exact) mass is 208 g/mol. The number of allylic oxidation sites excluding steroid dienone is 1. The van der Waals surface area contributed by atoms with Gasteiger partial charge in [0.1, 0.15) is 0 Å². The van der Waals surface area contributed by atoms with Crippen LogP contribution in [0.1, 0.15) is 24.0 Å². The van der Waals surface area contributed by atoms with Gasteiger partial charge in [-0.1, -0.05) is 74.2 Å². The van der Waals surface area contributed by atoms with Crippen molar-refractivity contribution in [3.63, 3.8) is 0 Å². The molecule has 0 radical (unpaired) electrons. The van der Waals surface area contributed by atoms with Crippen molar-refractivity contribution in [2.45, 2.75) is 12.8 Å². The third-order valence-electron chi connectivity index (χ3n) is 2.97. The van der Waals surface area contributed by atoms with Crippen molar-refractivity contribution in [3.8, 4) is 0 Å². The molecule has 0 nitrogen and oxygen atoms in total. The van der Waals surface area contributed by atoms with Crippen LogP contribution in [0.15, 0.2) is 67.2 Å². The summed E-state index contributed by atoms with van der Waals surface area (Å²) < 4.78 is 0. The molecule has 0 spiro atoms. The molecule has 0 amide bonds. The molecule has 0 aliphatic rings. The summed E-state index contributed by atoms with van der Waals surface area (Å²) >= 11 is 0. The van der Waals surface area contributed by atoms with Crippen molar-refractivity contribution >= 4 is 5.57 Å². The smallest absolute Gasteiger partial charge is 0.00610 e. The van der Waals surface area contributed by atoms with Crippen LogP contribution in [0, 0.1) is 0 Å². The molecular formula is C16H16. The summed E-state index contributed by atoms with van der Waals surface area (Å²) in [6.45, 7) is 6.40. The molecule has 0 aliphatic heterocycles. The van der Waals surface area contributed by atoms with Gasteiger partial charge in [0.25, 0.3) is 0 Å². The summed E-state index contributed by atoms with van der Waals surface area (Å²) in [5.74, 6) is 0.364. The van der Waals surface area contributed by atoms with E-state index in [1.807, 2.05) is 12.1 Å². The van der Waals surface area contributed by atoms with Crippen molar-refractivity contribution in [1.29, 1.82) is 0 Å². The van der Waals surface area contributed by atoms with Crippen molar-refractivity contribution in [2.24, 2.45) is 0 Å². The van der Waals surface area contributed by atoms with Gasteiger partial charge in [-0.25, -0.2) is 0 Å². The molecule has 80 valence electrons. The zero-order valence-corrected chi connectivity index (χ0v) is 9.56. The number of hydrogen-bond acceptors (Lipinski definition) is 0. The Morgan fingerprint density at radius 1 is 0.875 bits per heavy atom. The Hall–Kier alpha value is -1.82. The van der Waals surface area contributed by atoms with Crippen LogP contribution in [0.4, 0.5) is 0 Å². The first kappa shape index (κ1) is 10.7. The number of hydrogen-bond donors (Lipinski definition) is 0. The molecule has 2 rings (SSSR count). The second-order valence-electron chi connectivity index (χ2n) is 4.02. The highest BCUT2D eigenvalue weighted by Gasteiger charge is 2.10. The molecule has 16 heavy (non-hydrogen) atoms. The molecule has 0 unspecified atom stereocenters. The van der Waals surface area contributed by atoms with Crippen molar-refractivity contribution in [1.82, 2.24) is 0 Å². The minimum absolute atomic E-state index is 0.364. The van der Waals surface area contributed by atoms with Crippen molar-refractivity contribution in [2.75, 3.05) is 0 Å². The molecule has 0 saturated carbocycles. The van der Waals surface area contributed by atoms with Crippen LogP contribution in [0.2, 0.25) is 0 Å². The van der Waals surface area contributed by atoms with E-state index in [2.05, 4.69) is 62.0 Å². The largest absolute Gasteiger partial charge is 0.0946 e. The SMILES string of the molecule is C=C(c1ccccc1)[C@H](C)c1ccccc1. The van der Waals surface area contributed by atoms with Crippen LogP contribution in [0.25, 0.3) is 5.57 Å². The van der Waals surface area contributed by atoms with Crippen molar-refractivity contribution < 1.29 is 0 Å². The average Bonchev–Trinajstić information content (AvgIpc) is 2.39. The van der Waals surface area contributed by atoms with E-state index in [0.717, 1.165) is 0 Å². The van der Waals surface area contributed by atoms with Crippen LogP contribution in [0.3, 0.4) is 0 Å². The van der Waals surface area contributed by atoms with Gasteiger partial charge in [-0.2, -0.15) is 0 Å². The van der Waals surface area contributed by atoms with E-state index in [4.69, 9.17) is 0 Å². The molecule has 0 heteroatoms. The van der Waals surface area contributed by atoms with Crippen LogP contribution in [0.5, 0.6) is 0 Å². The minimum Gasteiger partial charge on any atom is -0.0946 e. The molecule has 1 atom stereocenters. The van der Waals surface area contributed by atoms with Gasteiger partial charge >= 0.3 is 0 Å². The highest BCUT2D eigenvalue weighted by Crippen LogP contribution is 2.29. The Kier molecular flexibility index (Phi) is 3.21. The maximum atomic E-state index is 4.20. The fourth-order valence-corrected chi connectivity index (χ4v) is 1.85. The molecule has 2 aromatic carbocycles. The summed E-state index contributed by atoms with van der Waals surface area (Å²) in [6, 6.07) is 20.9. The maximum absolute atomic E-state index is 4.20. The topological polar surface area (TPSA) is 0 Å². The molecule has 0 N–H and O–H groups in total. The molecule has 0 heterocycles. The lowest BCUT2D eigenvalue weighted by Crippen LogP contribution is -1.96. The van der Waals surface area contributed by atoms with E-state index in [1.54, 1.807) is 0 Å². The Labute approximate surface area is 97.3 Å². The van der Waals surface area contributed by atoms with E-state index in [0.29, 0.717) is 5.92 Å². The Morgan fingerprint density at radius 3 is 1.94 bits per heavy atom. The van der Waals surface area contributed by atoms with Gasteiger partial charge in [-0.3, -0.25) is 0 Å². The minimum atomic E-state index is 0.364. The molecule has 0 aromatic heterocycles. The molecule has 0 saturated heterocycles. The maximum Gasteiger partial charge on any atom is 0.00610 e. The molecule has 0 fully saturated rings. The highest BCUT2D eigenvalue weighted by atomic mass is 14.1. The lowest BCUT2D eigenvalue weighted by Gasteiger charge is -2.15. The van der Waals surface area contributed by atoms with Gasteiger partial charge in [0.15, 0.2) is 0 Å². The van der Waals surface area contributed by atoms with E-state index < -0.39 is 0 Å². The Bertz CT molecular complexity index is 454. The van der Waals surface area contributed by atoms with Crippen LogP contribution in [-0.2, 0) is 0 Å². The standard InChI is InChI=1S/C16H16/c1-13(15-9-5-3-6-10-15)14(2)16-11-7-4-8-12-16/h3-12,14H,1H2,2H3/t14-/m0/s1. The number of benzene rings is 2. The van der Waals surface area contributed by atoms with E-state index >= 15 is 0 Å². The zero-order chi connectivity index (χ0) is 11.4. The quantitative estimate of drug-likeness (QED) is 0.696. The summed E-state index contributed by atoms with van der Waals surface area (Å²) in [6.07, 6.45) is 0. The van der Waals surface area contributed by atoms with Gasteiger partial charge < -0.3 is 0 Å². The first-order valence-corrected chi connectivity index (χ1v) is 5.58. The predicted molar refractivity (Wildman–Crippen MR) is 70.3 cm³/mol. The first-order valence-electron chi connectivity index (χ1n) is 5.58. The van der Waals surface area contributed by atoms with Crippen molar-refractivity contribution in [3.05, 3.63) is 78.4 Å². The van der Waals surface area contributed by atoms with Crippen LogP contribution < -0.4 is 0 Å². The van der Waals surface area contributed by atoms with Gasteiger partial charge in [-0.15, -0.1) is 0 Å². The summed E-state index contributed by atoms with van der Waals surface area (Å²) in [5, 5.41) is 0. The highest BCUT2D eigenvalue weighted by molar-refractivity contribution is 5.69. The first-order chi connectivity index (χ1) is 7.79. The van der Waals surface area contributed by atoms with Gasteiger partial charge in [-0.05, 0) is 16.7 Å². The third kappa shape index (κ3) is 2.22. The van der Waals surface area contributed by atoms with Gasteiger partial charge in [0, 0.05) is 5.92 Å². The molecule has 0 bridgehead atoms. The normalized spacial score (nSPS) is 12.1. The molecule has 2 aromatic rings. The fraction of sp³-hybridized carbons (Fsp3) is 0.125. The van der Waals surface area contributed by atoms with E-state index in [1.165, 1.54) is 16.7 Å². The predicted octanol–water partition coefficient (Wildman–Crippen LogP) is 4.50. The third-order valence-corrected chi connectivity index (χ3v) is 2.97. The van der Waals surface area contributed by atoms with Crippen LogP contribution in [-0.4, -0.2) is 0 Å². The Morgan fingerprint density at radius 2 is 1.38 bits per heavy atom. The zero-order valence-electron chi connectivity index (χ0n) is 9.56. The van der Waals surface area contributed by atoms with Gasteiger partial charge in [0.2, 0.25) is 0 Å². The van der Waals surface area contributed by atoms with Crippen LogP contribution >= 0.6 is 0 Å². The van der Waals surface area contributed by atoms with Gasteiger partial charge in [0.05, 0.1) is 0 Å². The summed E-state index contributed by atoms with van der Waals surface area (Å²) in [7, 11) is 0. The lowest BCUT2D eigenvalue weighted by molar-refractivity contribution is 0.992. The van der Waals surface area contributed by atoms with E-state index in [9.17, 15) is 0 Å². The van der Waals surface area contributed by atoms with E-state index in [-0.39, 0.29) is 0 Å². The second-order valence-corrected chi connectivity index (χ2v) is 4.02. The molecular weight excluding hydrogens is 192 g/mol. The summed E-state index contributed by atoms with van der Waals surface area (Å²) in [4.78, 5) is 0. The second kappa shape index (κ2) is 4.80. The fourth-order valence-electron chi connectivity index (χ4n) is 1.85. The average molecular weight is 208 g/mol. The number of rotatable bonds is 3. The Balaban J connectivity index is 2.24.